The van der Waals surface area contributed by atoms with E-state index in [2.05, 4.69) is 162 Å². The summed E-state index contributed by atoms with van der Waals surface area (Å²) >= 11 is 0. The van der Waals surface area contributed by atoms with Crippen molar-refractivity contribution in [3.05, 3.63) is 151 Å². The Kier molecular flexibility index (Phi) is 8.22. The van der Waals surface area contributed by atoms with Crippen molar-refractivity contribution in [1.82, 2.24) is 0 Å². The smallest absolute Gasteiger partial charge is 0.0622 e. The van der Waals surface area contributed by atoms with E-state index in [0.29, 0.717) is 5.54 Å². The molecule has 5 aromatic carbocycles. The van der Waals surface area contributed by atoms with Crippen LogP contribution in [0.4, 0.5) is 0 Å². The third-order valence-corrected chi connectivity index (χ3v) is 30.8. The van der Waals surface area contributed by atoms with Crippen LogP contribution in [0.5, 0.6) is 0 Å². The molecule has 0 bridgehead atoms. The maximum absolute atomic E-state index is 2.67. The van der Waals surface area contributed by atoms with E-state index in [9.17, 15) is 0 Å². The minimum Gasteiger partial charge on any atom is -0.0622 e. The molecule has 46 heavy (non-hydrogen) atoms. The lowest BCUT2D eigenvalue weighted by atomic mass is 10.1. The van der Waals surface area contributed by atoms with Crippen molar-refractivity contribution < 1.29 is 0 Å². The molecule has 1 unspecified atom stereocenters. The zero-order valence-corrected chi connectivity index (χ0v) is 32.3. The van der Waals surface area contributed by atoms with Gasteiger partial charge in [-0.1, -0.05) is 156 Å². The van der Waals surface area contributed by atoms with Crippen LogP contribution < -0.4 is 20.7 Å². The number of rotatable bonds is 5. The van der Waals surface area contributed by atoms with Gasteiger partial charge in [0.2, 0.25) is 0 Å². The van der Waals surface area contributed by atoms with Gasteiger partial charge in [-0.2, -0.15) is 0 Å². The van der Waals surface area contributed by atoms with Crippen molar-refractivity contribution in [2.24, 2.45) is 0 Å². The quantitative estimate of drug-likeness (QED) is 0.170. The fourth-order valence-corrected chi connectivity index (χ4v) is 36.5. The maximum Gasteiger partial charge on any atom is 0.129 e. The van der Waals surface area contributed by atoms with E-state index in [0.717, 1.165) is 0 Å². The highest BCUT2D eigenvalue weighted by atomic mass is 29.3. The molecule has 1 aliphatic rings. The number of hydrogen-bond donors (Lipinski definition) is 0. The van der Waals surface area contributed by atoms with Crippen LogP contribution in [0.25, 0.3) is 0 Å². The van der Waals surface area contributed by atoms with Crippen molar-refractivity contribution >= 4 is 35.9 Å². The van der Waals surface area contributed by atoms with E-state index < -0.39 is 15.2 Å². The Bertz CT molecular complexity index is 1790. The summed E-state index contributed by atoms with van der Waals surface area (Å²) in [5, 5.41) is 6.84. The van der Waals surface area contributed by atoms with Crippen LogP contribution in [0, 0.1) is 83.1 Å². The van der Waals surface area contributed by atoms with Gasteiger partial charge in [0.1, 0.15) is 15.2 Å². The first-order valence-corrected chi connectivity index (χ1v) is 22.4. The van der Waals surface area contributed by atoms with Gasteiger partial charge in [0, 0.05) is 0 Å². The van der Waals surface area contributed by atoms with E-state index in [-0.39, 0.29) is 0 Å². The molecule has 1 fully saturated rings. The Morgan fingerprint density at radius 2 is 0.674 bits per heavy atom. The lowest BCUT2D eigenvalue weighted by Gasteiger charge is -2.66. The number of hydrogen-bond acceptors (Lipinski definition) is 0. The maximum atomic E-state index is 2.50. The fraction of sp³-hybridized carbons (Fsp3) is 0.318. The molecule has 1 aliphatic heterocycles. The molecule has 0 spiro atoms. The normalized spacial score (nSPS) is 16.7. The van der Waals surface area contributed by atoms with Crippen LogP contribution in [0.3, 0.4) is 0 Å². The van der Waals surface area contributed by atoms with Crippen LogP contribution in [-0.2, 0) is 0 Å². The Morgan fingerprint density at radius 1 is 0.391 bits per heavy atom. The van der Waals surface area contributed by atoms with Gasteiger partial charge in [-0.25, -0.2) is 0 Å². The first-order chi connectivity index (χ1) is 21.7. The summed E-state index contributed by atoms with van der Waals surface area (Å²) in [4.78, 5) is 0. The topological polar surface area (TPSA) is 0 Å². The third-order valence-electron chi connectivity index (χ3n) is 11.3. The average molecular weight is 637 g/mol. The molecule has 2 heteroatoms. The SMILES string of the molecule is Cc1cc(C)c([Si]2(c3c(C)cc(C)cc3C)CC(c3ccccc3)[Si]2(c2c(C)cc(C)cc2C)c2c(C)cc(C)cc2C)c(C)c1. The third kappa shape index (κ3) is 4.66. The highest BCUT2D eigenvalue weighted by molar-refractivity contribution is 7.64. The minimum absolute atomic E-state index is 0.487. The van der Waals surface area contributed by atoms with Gasteiger partial charge in [-0.05, 0) is 111 Å². The van der Waals surface area contributed by atoms with Gasteiger partial charge in [0.25, 0.3) is 0 Å². The van der Waals surface area contributed by atoms with Crippen molar-refractivity contribution in [3.63, 3.8) is 0 Å². The van der Waals surface area contributed by atoms with Gasteiger partial charge in [-0.15, -0.1) is 0 Å². The molecule has 236 valence electrons. The fourth-order valence-electron chi connectivity index (χ4n) is 10.8. The monoisotopic (exact) mass is 636 g/mol. The molecule has 5 aromatic rings. The van der Waals surface area contributed by atoms with E-state index in [1.54, 1.807) is 20.7 Å². The molecule has 6 rings (SSSR count). The predicted octanol–water partition coefficient (Wildman–Crippen LogP) is 8.63. The second kappa shape index (κ2) is 11.7. The summed E-state index contributed by atoms with van der Waals surface area (Å²) in [6.45, 7) is 28.6. The summed E-state index contributed by atoms with van der Waals surface area (Å²) in [5.41, 5.74) is 19.5. The highest BCUT2D eigenvalue weighted by Gasteiger charge is 2.74. The average Bonchev–Trinajstić information content (AvgIpc) is 2.92. The molecule has 0 aliphatic carbocycles. The van der Waals surface area contributed by atoms with Crippen LogP contribution in [0.1, 0.15) is 77.9 Å². The number of benzene rings is 5. The van der Waals surface area contributed by atoms with Crippen molar-refractivity contribution in [1.29, 1.82) is 0 Å². The molecule has 0 N–H and O–H groups in total. The van der Waals surface area contributed by atoms with Gasteiger partial charge in [0.05, 0.1) is 0 Å². The lowest BCUT2D eigenvalue weighted by molar-refractivity contribution is 0.974. The Balaban J connectivity index is 1.97. The largest absolute Gasteiger partial charge is 0.129 e. The predicted molar refractivity (Wildman–Crippen MR) is 207 cm³/mol. The Labute approximate surface area is 280 Å². The summed E-state index contributed by atoms with van der Waals surface area (Å²) < 4.78 is 0. The molecule has 1 saturated heterocycles. The van der Waals surface area contributed by atoms with Gasteiger partial charge < -0.3 is 0 Å². The zero-order chi connectivity index (χ0) is 33.3. The molecular formula is C44H52Si2. The summed E-state index contributed by atoms with van der Waals surface area (Å²) in [5.74, 6) is 0. The van der Waals surface area contributed by atoms with Crippen molar-refractivity contribution in [2.75, 3.05) is 0 Å². The van der Waals surface area contributed by atoms with Crippen molar-refractivity contribution in [2.45, 2.75) is 94.7 Å². The lowest BCUT2D eigenvalue weighted by Crippen LogP contribution is -2.96. The van der Waals surface area contributed by atoms with E-state index >= 15 is 0 Å². The number of aryl methyl sites for hydroxylation is 12. The van der Waals surface area contributed by atoms with Crippen LogP contribution in [0.2, 0.25) is 6.04 Å². The molecule has 0 saturated carbocycles. The second-order valence-corrected chi connectivity index (χ2v) is 26.4. The molecular weight excluding hydrogens is 585 g/mol. The standard InChI is InChI=1S/C44H52Si2/c1-27-18-31(5)41(32(6)19-27)45(42-33(7)20-28(2)21-34(42)8)26-40(39-16-14-13-15-17-39)46(45,43-35(9)22-29(3)23-36(43)10)44-37(11)24-30(4)25-38(44)12/h13-25,40H,26H2,1-12H3. The van der Waals surface area contributed by atoms with Gasteiger partial charge >= 0.3 is 0 Å². The van der Waals surface area contributed by atoms with Crippen LogP contribution in [0.15, 0.2) is 78.9 Å². The zero-order valence-electron chi connectivity index (χ0n) is 30.3. The highest BCUT2D eigenvalue weighted by Crippen LogP contribution is 2.53. The first kappa shape index (κ1) is 32.5. The van der Waals surface area contributed by atoms with E-state index in [4.69, 9.17) is 0 Å². The minimum atomic E-state index is -2.67. The molecule has 1 heterocycles. The Hall–Kier alpha value is -3.47. The van der Waals surface area contributed by atoms with Crippen LogP contribution >= 0.6 is 0 Å². The van der Waals surface area contributed by atoms with Gasteiger partial charge in [0.15, 0.2) is 0 Å². The van der Waals surface area contributed by atoms with Crippen molar-refractivity contribution in [3.8, 4) is 0 Å². The molecule has 0 nitrogen and oxygen atoms in total. The Morgan fingerprint density at radius 3 is 0.978 bits per heavy atom. The summed E-state index contributed by atoms with van der Waals surface area (Å²) in [7, 11) is -5.22. The van der Waals surface area contributed by atoms with E-state index in [1.165, 1.54) is 78.4 Å². The van der Waals surface area contributed by atoms with Crippen LogP contribution in [-0.4, -0.2) is 15.2 Å². The summed E-state index contributed by atoms with van der Waals surface area (Å²) in [6.07, 6.45) is 0. The second-order valence-electron chi connectivity index (χ2n) is 15.0. The summed E-state index contributed by atoms with van der Waals surface area (Å²) in [6, 6.07) is 32.9. The molecule has 0 amide bonds. The van der Waals surface area contributed by atoms with Gasteiger partial charge in [-0.3, -0.25) is 0 Å². The molecule has 0 radical (unpaired) electrons. The first-order valence-electron chi connectivity index (χ1n) is 17.1. The van der Waals surface area contributed by atoms with E-state index in [1.807, 2.05) is 0 Å². The molecule has 0 aromatic heterocycles. The molecule has 1 atom stereocenters.